The molecule has 0 aromatic rings. The molecule has 7 heavy (non-hydrogen) atoms. The minimum atomic E-state index is -1.81. The van der Waals surface area contributed by atoms with Crippen LogP contribution in [0.15, 0.2) is 0 Å². The molecule has 1 heteroatoms. The molecule has 0 rings (SSSR count). The Morgan fingerprint density at radius 1 is 1.86 bits per heavy atom. The van der Waals surface area contributed by atoms with Crippen LogP contribution in [0.25, 0.3) is 0 Å². The molecule has 0 fully saturated rings. The van der Waals surface area contributed by atoms with E-state index in [1.54, 1.807) is 0 Å². The van der Waals surface area contributed by atoms with Gasteiger partial charge in [0.05, 0.1) is 5.33 Å². The number of hydrogen-bond acceptors (Lipinski definition) is 0. The van der Waals surface area contributed by atoms with Gasteiger partial charge in [0, 0.05) is 11.9 Å². The molecule has 0 N–H and O–H groups in total. The van der Waals surface area contributed by atoms with E-state index in [-0.39, 0.29) is 6.42 Å². The lowest BCUT2D eigenvalue weighted by molar-refractivity contribution is 0.983. The monoisotopic (exact) mass is 164 g/mol. The van der Waals surface area contributed by atoms with Crippen molar-refractivity contribution in [1.82, 2.24) is 0 Å². The van der Waals surface area contributed by atoms with E-state index in [1.165, 1.54) is 0 Å². The number of halogens is 1. The van der Waals surface area contributed by atoms with Gasteiger partial charge in [-0.2, -0.15) is 0 Å². The normalized spacial score (nSPS) is 18.0. The highest BCUT2D eigenvalue weighted by Crippen LogP contribution is 1.81. The topological polar surface area (TPSA) is 0 Å². The summed E-state index contributed by atoms with van der Waals surface area (Å²) >= 11 is 3.06. The first-order valence-electron chi connectivity index (χ1n) is 4.02. The van der Waals surface area contributed by atoms with Crippen molar-refractivity contribution in [2.24, 2.45) is 0 Å². The zero-order valence-corrected chi connectivity index (χ0v) is 5.46. The van der Waals surface area contributed by atoms with Crippen LogP contribution in [0.5, 0.6) is 0 Å². The average Bonchev–Trinajstić information content (AvgIpc) is 1.88. The second kappa shape index (κ2) is 6.04. The molecule has 0 nitrogen and oxygen atoms in total. The van der Waals surface area contributed by atoms with Gasteiger partial charge in [-0.3, -0.25) is 0 Å². The molecule has 0 bridgehead atoms. The minimum Gasteiger partial charge on any atom is -0.102 e. The molecule has 0 spiro atoms. The summed E-state index contributed by atoms with van der Waals surface area (Å²) in [5.41, 5.74) is 0. The summed E-state index contributed by atoms with van der Waals surface area (Å²) in [4.78, 5) is 0. The van der Waals surface area contributed by atoms with Gasteiger partial charge in [0.2, 0.25) is 0 Å². The van der Waals surface area contributed by atoms with Gasteiger partial charge in [-0.05, 0) is 6.37 Å². The second-order valence-electron chi connectivity index (χ2n) is 0.868. The van der Waals surface area contributed by atoms with E-state index < -0.39 is 13.2 Å². The molecule has 0 atom stereocenters. The standard InChI is InChI=1S/C6H9Br/c1-2-3-4-5-6-7/h2-3,6H2,1H3/i1D2,2D2. The van der Waals surface area contributed by atoms with Crippen molar-refractivity contribution >= 4 is 15.9 Å². The molecule has 0 unspecified atom stereocenters. The fourth-order valence-electron chi connectivity index (χ4n) is 0.161. The van der Waals surface area contributed by atoms with Crippen LogP contribution in [0.3, 0.4) is 0 Å². The zero-order chi connectivity index (χ0) is 8.91. The number of hydrogen-bond donors (Lipinski definition) is 0. The van der Waals surface area contributed by atoms with E-state index in [1.807, 2.05) is 0 Å². The van der Waals surface area contributed by atoms with Crippen molar-refractivity contribution in [3.8, 4) is 11.8 Å². The average molecular weight is 165 g/mol. The molecule has 0 aliphatic rings. The van der Waals surface area contributed by atoms with Gasteiger partial charge in [0.25, 0.3) is 0 Å². The Morgan fingerprint density at radius 3 is 3.29 bits per heavy atom. The fraction of sp³-hybridized carbons (Fsp3) is 0.667. The number of rotatable bonds is 1. The Labute approximate surface area is 59.1 Å². The molecule has 0 saturated heterocycles. The van der Waals surface area contributed by atoms with Crippen LogP contribution in [-0.2, 0) is 0 Å². The maximum atomic E-state index is 7.13. The summed E-state index contributed by atoms with van der Waals surface area (Å²) in [7, 11) is 0. The maximum Gasteiger partial charge on any atom is 0.0645 e. The van der Waals surface area contributed by atoms with Crippen molar-refractivity contribution in [2.75, 3.05) is 5.33 Å². The first-order valence-corrected chi connectivity index (χ1v) is 2.99. The van der Waals surface area contributed by atoms with Gasteiger partial charge in [-0.25, -0.2) is 0 Å². The molecular weight excluding hydrogens is 152 g/mol. The quantitative estimate of drug-likeness (QED) is 0.412. The minimum absolute atomic E-state index is 0.0454. The molecule has 0 aromatic carbocycles. The van der Waals surface area contributed by atoms with E-state index in [2.05, 4.69) is 27.8 Å². The lowest BCUT2D eigenvalue weighted by atomic mass is 10.3. The Bertz CT molecular complexity index is 167. The van der Waals surface area contributed by atoms with Crippen molar-refractivity contribution in [1.29, 1.82) is 0 Å². The molecule has 0 aromatic heterocycles. The summed E-state index contributed by atoms with van der Waals surface area (Å²) in [6, 6.07) is 0. The van der Waals surface area contributed by atoms with Crippen LogP contribution in [0.1, 0.15) is 25.2 Å². The first-order chi connectivity index (χ1) is 5.00. The summed E-state index contributed by atoms with van der Waals surface area (Å²) < 4.78 is 27.9. The highest BCUT2D eigenvalue weighted by atomic mass is 79.9. The third-order valence-corrected chi connectivity index (χ3v) is 0.663. The maximum absolute atomic E-state index is 7.13. The zero-order valence-electron chi connectivity index (χ0n) is 7.87. The Morgan fingerprint density at radius 2 is 2.71 bits per heavy atom. The summed E-state index contributed by atoms with van der Waals surface area (Å²) in [5.74, 6) is 5.16. The van der Waals surface area contributed by atoms with E-state index >= 15 is 0 Å². The largest absolute Gasteiger partial charge is 0.102 e. The first kappa shape index (κ1) is 2.55. The second-order valence-corrected chi connectivity index (χ2v) is 1.43. The lowest BCUT2D eigenvalue weighted by Gasteiger charge is -1.73. The van der Waals surface area contributed by atoms with Gasteiger partial charge in [-0.15, -0.1) is 5.92 Å². The molecule has 0 saturated carbocycles. The van der Waals surface area contributed by atoms with Gasteiger partial charge in [0.1, 0.15) is 0 Å². The molecule has 40 valence electrons. The predicted octanol–water partition coefficient (Wildman–Crippen LogP) is 2.18. The summed E-state index contributed by atoms with van der Waals surface area (Å²) in [6.07, 6.45) is -1.86. The van der Waals surface area contributed by atoms with Crippen LogP contribution in [0.2, 0.25) is 0 Å². The Balaban J connectivity index is 3.92. The van der Waals surface area contributed by atoms with Crippen molar-refractivity contribution in [2.45, 2.75) is 19.7 Å². The fourth-order valence-corrected chi connectivity index (χ4v) is 0.359. The molecular formula is C6H9Br. The van der Waals surface area contributed by atoms with Crippen LogP contribution >= 0.6 is 15.9 Å². The Kier molecular flexibility index (Phi) is 2.20. The van der Waals surface area contributed by atoms with Crippen molar-refractivity contribution in [3.63, 3.8) is 0 Å². The van der Waals surface area contributed by atoms with Crippen LogP contribution < -0.4 is 0 Å². The molecule has 0 heterocycles. The number of alkyl halides is 1. The third-order valence-electron chi connectivity index (χ3n) is 0.382. The van der Waals surface area contributed by atoms with Gasteiger partial charge < -0.3 is 0 Å². The van der Waals surface area contributed by atoms with Gasteiger partial charge in [0.15, 0.2) is 0 Å². The third kappa shape index (κ3) is 6.04. The van der Waals surface area contributed by atoms with E-state index in [9.17, 15) is 0 Å². The van der Waals surface area contributed by atoms with Gasteiger partial charge in [-0.1, -0.05) is 28.7 Å². The highest BCUT2D eigenvalue weighted by Gasteiger charge is 1.66. The van der Waals surface area contributed by atoms with E-state index in [4.69, 9.17) is 5.48 Å². The highest BCUT2D eigenvalue weighted by molar-refractivity contribution is 9.09. The summed E-state index contributed by atoms with van der Waals surface area (Å²) in [5, 5.41) is 0.504. The molecule has 0 amide bonds. The molecule has 0 radical (unpaired) electrons. The van der Waals surface area contributed by atoms with Crippen LogP contribution in [-0.4, -0.2) is 5.33 Å². The van der Waals surface area contributed by atoms with Crippen LogP contribution in [0, 0.1) is 11.8 Å². The molecule has 0 aliphatic heterocycles. The lowest BCUT2D eigenvalue weighted by Crippen LogP contribution is -1.62. The van der Waals surface area contributed by atoms with Crippen molar-refractivity contribution < 1.29 is 5.48 Å². The van der Waals surface area contributed by atoms with E-state index in [0.717, 1.165) is 0 Å². The Hall–Kier alpha value is 0.0400. The van der Waals surface area contributed by atoms with Crippen molar-refractivity contribution in [3.05, 3.63) is 0 Å². The van der Waals surface area contributed by atoms with Gasteiger partial charge >= 0.3 is 0 Å². The SMILES string of the molecule is [2H]C([2H])C([2H])([2H])CC#CCBr. The molecule has 0 aliphatic carbocycles. The van der Waals surface area contributed by atoms with E-state index in [0.29, 0.717) is 5.33 Å². The smallest absolute Gasteiger partial charge is 0.0645 e. The van der Waals surface area contributed by atoms with Crippen LogP contribution in [0.4, 0.5) is 0 Å². The predicted molar refractivity (Wildman–Crippen MR) is 36.5 cm³/mol. The summed E-state index contributed by atoms with van der Waals surface area (Å²) in [6.45, 7) is -1.47.